The van der Waals surface area contributed by atoms with Crippen molar-refractivity contribution in [3.63, 3.8) is 0 Å². The van der Waals surface area contributed by atoms with Crippen molar-refractivity contribution < 1.29 is 22.7 Å². The van der Waals surface area contributed by atoms with E-state index in [9.17, 15) is 13.2 Å². The number of nitrogens with one attached hydrogen (secondary N) is 2. The summed E-state index contributed by atoms with van der Waals surface area (Å²) in [5.74, 6) is -0.265. The smallest absolute Gasteiger partial charge is 0.257 e. The first-order valence-electron chi connectivity index (χ1n) is 8.68. The van der Waals surface area contributed by atoms with E-state index in [0.29, 0.717) is 30.0 Å². The summed E-state index contributed by atoms with van der Waals surface area (Å²) in [5.41, 5.74) is 0.951. The highest BCUT2D eigenvalue weighted by Gasteiger charge is 2.36. The van der Waals surface area contributed by atoms with Crippen LogP contribution in [0.2, 0.25) is 0 Å². The number of hydrogen-bond acceptors (Lipinski definition) is 5. The molecule has 0 atom stereocenters. The van der Waals surface area contributed by atoms with Crippen LogP contribution < -0.4 is 19.5 Å². The van der Waals surface area contributed by atoms with Crippen molar-refractivity contribution in [3.05, 3.63) is 48.0 Å². The Bertz CT molecular complexity index is 1010. The zero-order chi connectivity index (χ0) is 19.2. The van der Waals surface area contributed by atoms with Gasteiger partial charge in [-0.05, 0) is 37.1 Å². The third-order valence-corrected chi connectivity index (χ3v) is 6.17. The highest BCUT2D eigenvalue weighted by atomic mass is 32.2. The summed E-state index contributed by atoms with van der Waals surface area (Å²) < 4.78 is 38.5. The van der Waals surface area contributed by atoms with E-state index < -0.39 is 21.7 Å². The highest BCUT2D eigenvalue weighted by Crippen LogP contribution is 2.44. The molecule has 1 aliphatic carbocycles. The first kappa shape index (κ1) is 17.7. The topological polar surface area (TPSA) is 93.7 Å². The van der Waals surface area contributed by atoms with Crippen molar-refractivity contribution in [2.75, 3.05) is 10.0 Å². The molecule has 0 bridgehead atoms. The summed E-state index contributed by atoms with van der Waals surface area (Å²) in [6.07, 6.45) is 1.29. The molecule has 0 spiro atoms. The first-order valence-corrected chi connectivity index (χ1v) is 10.2. The molecule has 142 valence electrons. The fourth-order valence-electron chi connectivity index (χ4n) is 2.91. The first-order chi connectivity index (χ1) is 12.8. The van der Waals surface area contributed by atoms with Crippen molar-refractivity contribution in [1.82, 2.24) is 0 Å². The number of rotatable bonds is 5. The number of ether oxygens (including phenoxy) is 2. The molecule has 0 radical (unpaired) electrons. The summed E-state index contributed by atoms with van der Waals surface area (Å²) >= 11 is 0. The number of fused-ring (bicyclic) bond motifs is 1. The molecule has 7 nitrogen and oxygen atoms in total. The number of sulfonamides is 1. The second kappa shape index (κ2) is 6.16. The van der Waals surface area contributed by atoms with E-state index in [-0.39, 0.29) is 16.5 Å². The Balaban J connectivity index is 1.60. The summed E-state index contributed by atoms with van der Waals surface area (Å²) in [6.45, 7) is 3.56. The van der Waals surface area contributed by atoms with E-state index in [2.05, 4.69) is 10.0 Å². The molecule has 2 N–H and O–H groups in total. The van der Waals surface area contributed by atoms with E-state index >= 15 is 0 Å². The van der Waals surface area contributed by atoms with Crippen molar-refractivity contribution >= 4 is 27.3 Å². The Morgan fingerprint density at radius 2 is 1.74 bits per heavy atom. The number of amides is 1. The van der Waals surface area contributed by atoms with E-state index in [4.69, 9.17) is 9.47 Å². The van der Waals surface area contributed by atoms with Gasteiger partial charge in [-0.2, -0.15) is 0 Å². The predicted molar refractivity (Wildman–Crippen MR) is 102 cm³/mol. The van der Waals surface area contributed by atoms with Crippen LogP contribution in [-0.4, -0.2) is 25.4 Å². The van der Waals surface area contributed by atoms with Gasteiger partial charge in [0.25, 0.3) is 5.91 Å². The molecule has 2 aliphatic rings. The van der Waals surface area contributed by atoms with Crippen LogP contribution in [-0.2, 0) is 10.0 Å². The highest BCUT2D eigenvalue weighted by molar-refractivity contribution is 7.93. The molecule has 2 aromatic rings. The second-order valence-electron chi connectivity index (χ2n) is 7.08. The number of para-hydroxylation sites is 2. The van der Waals surface area contributed by atoms with Crippen molar-refractivity contribution in [3.8, 4) is 11.5 Å². The largest absolute Gasteiger partial charge is 0.449 e. The Labute approximate surface area is 157 Å². The number of benzene rings is 2. The summed E-state index contributed by atoms with van der Waals surface area (Å²) in [5, 5.41) is 2.41. The van der Waals surface area contributed by atoms with E-state index in [0.717, 1.165) is 0 Å². The molecule has 0 saturated heterocycles. The van der Waals surface area contributed by atoms with Crippen LogP contribution in [0.3, 0.4) is 0 Å². The van der Waals surface area contributed by atoms with Crippen LogP contribution >= 0.6 is 0 Å². The predicted octanol–water partition coefficient (Wildman–Crippen LogP) is 3.35. The quantitative estimate of drug-likeness (QED) is 0.819. The Kier molecular flexibility index (Phi) is 4.03. The number of hydrogen-bond donors (Lipinski definition) is 2. The van der Waals surface area contributed by atoms with Gasteiger partial charge in [-0.3, -0.25) is 9.52 Å². The second-order valence-corrected chi connectivity index (χ2v) is 9.04. The van der Waals surface area contributed by atoms with Gasteiger partial charge in [-0.1, -0.05) is 18.2 Å². The molecule has 8 heteroatoms. The molecule has 0 aromatic heterocycles. The minimum atomic E-state index is -3.47. The van der Waals surface area contributed by atoms with E-state index in [1.54, 1.807) is 56.3 Å². The number of anilines is 2. The van der Waals surface area contributed by atoms with Gasteiger partial charge in [0.05, 0.1) is 22.2 Å². The average Bonchev–Trinajstić information content (AvgIpc) is 3.39. The number of carbonyl (C=O) groups is 1. The molecule has 1 amide bonds. The zero-order valence-corrected chi connectivity index (χ0v) is 15.8. The van der Waals surface area contributed by atoms with Crippen molar-refractivity contribution in [2.24, 2.45) is 0 Å². The molecule has 0 unspecified atom stereocenters. The lowest BCUT2D eigenvalue weighted by Crippen LogP contribution is -2.30. The van der Waals surface area contributed by atoms with Crippen LogP contribution in [0.5, 0.6) is 11.5 Å². The SMILES string of the molecule is CC1(C)Oc2cccc(NC(=O)c3ccccc3NS(=O)(=O)C3CC3)c2O1. The normalized spacial score (nSPS) is 17.4. The Hall–Kier alpha value is -2.74. The minimum Gasteiger partial charge on any atom is -0.449 e. The lowest BCUT2D eigenvalue weighted by Gasteiger charge is -2.17. The summed E-state index contributed by atoms with van der Waals surface area (Å²) in [7, 11) is -3.47. The standard InChI is InChI=1S/C19H20N2O5S/c1-19(2)25-16-9-5-8-15(17(16)26-19)20-18(22)13-6-3-4-7-14(13)21-27(23,24)12-10-11-12/h3-9,12,21H,10-11H2,1-2H3,(H,20,22). The van der Waals surface area contributed by atoms with Gasteiger partial charge in [-0.15, -0.1) is 0 Å². The molecule has 27 heavy (non-hydrogen) atoms. The number of carbonyl (C=O) groups excluding carboxylic acids is 1. The summed E-state index contributed by atoms with van der Waals surface area (Å²) in [6, 6.07) is 11.7. The van der Waals surface area contributed by atoms with Gasteiger partial charge >= 0.3 is 0 Å². The molecular formula is C19H20N2O5S. The Morgan fingerprint density at radius 1 is 1.04 bits per heavy atom. The molecule has 1 saturated carbocycles. The maximum Gasteiger partial charge on any atom is 0.257 e. The van der Waals surface area contributed by atoms with Gasteiger partial charge in [0, 0.05) is 13.8 Å². The van der Waals surface area contributed by atoms with Gasteiger partial charge in [0.15, 0.2) is 11.5 Å². The van der Waals surface area contributed by atoms with Gasteiger partial charge in [0.2, 0.25) is 15.8 Å². The molecule has 1 heterocycles. The van der Waals surface area contributed by atoms with Gasteiger partial charge in [0.1, 0.15) is 0 Å². The lowest BCUT2D eigenvalue weighted by molar-refractivity contribution is -0.0429. The Morgan fingerprint density at radius 3 is 2.48 bits per heavy atom. The summed E-state index contributed by atoms with van der Waals surface area (Å²) in [4.78, 5) is 12.8. The third kappa shape index (κ3) is 3.57. The van der Waals surface area contributed by atoms with Gasteiger partial charge in [-0.25, -0.2) is 8.42 Å². The molecule has 4 rings (SSSR count). The van der Waals surface area contributed by atoms with Crippen LogP contribution in [0.4, 0.5) is 11.4 Å². The monoisotopic (exact) mass is 388 g/mol. The molecule has 1 aliphatic heterocycles. The van der Waals surface area contributed by atoms with Crippen LogP contribution in [0.25, 0.3) is 0 Å². The maximum absolute atomic E-state index is 12.8. The lowest BCUT2D eigenvalue weighted by atomic mass is 10.1. The van der Waals surface area contributed by atoms with E-state index in [1.807, 2.05) is 0 Å². The minimum absolute atomic E-state index is 0.234. The molecular weight excluding hydrogens is 368 g/mol. The average molecular weight is 388 g/mol. The van der Waals surface area contributed by atoms with Crippen LogP contribution in [0.15, 0.2) is 42.5 Å². The zero-order valence-electron chi connectivity index (χ0n) is 15.0. The van der Waals surface area contributed by atoms with Gasteiger partial charge < -0.3 is 14.8 Å². The van der Waals surface area contributed by atoms with Crippen molar-refractivity contribution in [1.29, 1.82) is 0 Å². The third-order valence-electron chi connectivity index (χ3n) is 4.32. The molecule has 2 aromatic carbocycles. The fourth-order valence-corrected chi connectivity index (χ4v) is 4.31. The van der Waals surface area contributed by atoms with Crippen LogP contribution in [0, 0.1) is 0 Å². The maximum atomic E-state index is 12.8. The fraction of sp³-hybridized carbons (Fsp3) is 0.316. The molecule has 1 fully saturated rings. The van der Waals surface area contributed by atoms with E-state index in [1.165, 1.54) is 0 Å². The van der Waals surface area contributed by atoms with Crippen LogP contribution in [0.1, 0.15) is 37.0 Å². The van der Waals surface area contributed by atoms with Crippen molar-refractivity contribution in [2.45, 2.75) is 37.7 Å².